The van der Waals surface area contributed by atoms with Crippen molar-refractivity contribution in [1.29, 1.82) is 0 Å². The molecule has 0 saturated carbocycles. The normalized spacial score (nSPS) is 23.5. The Morgan fingerprint density at radius 1 is 1.38 bits per heavy atom. The van der Waals surface area contributed by atoms with Gasteiger partial charge in [0.05, 0.1) is 17.2 Å². The minimum Gasteiger partial charge on any atom is -0.373 e. The van der Waals surface area contributed by atoms with Crippen LogP contribution in [0.25, 0.3) is 10.9 Å². The lowest BCUT2D eigenvalue weighted by Crippen LogP contribution is -2.41. The van der Waals surface area contributed by atoms with Crippen molar-refractivity contribution in [2.75, 3.05) is 13.2 Å². The van der Waals surface area contributed by atoms with Gasteiger partial charge in [0, 0.05) is 18.2 Å². The smallest absolute Gasteiger partial charge is 0.0849 e. The number of hydrogen-bond acceptors (Lipinski definition) is 3. The van der Waals surface area contributed by atoms with Gasteiger partial charge in [-0.3, -0.25) is 4.98 Å². The van der Waals surface area contributed by atoms with E-state index in [0.29, 0.717) is 0 Å². The van der Waals surface area contributed by atoms with Crippen molar-refractivity contribution in [2.45, 2.75) is 44.8 Å². The van der Waals surface area contributed by atoms with Crippen LogP contribution < -0.4 is 5.32 Å². The van der Waals surface area contributed by atoms with Gasteiger partial charge in [0.15, 0.2) is 0 Å². The summed E-state index contributed by atoms with van der Waals surface area (Å²) in [4.78, 5) is 4.62. The average Bonchev–Trinajstić information content (AvgIpc) is 2.95. The van der Waals surface area contributed by atoms with Crippen molar-refractivity contribution in [3.8, 4) is 0 Å². The first kappa shape index (κ1) is 14.5. The second kappa shape index (κ2) is 6.12. The maximum absolute atomic E-state index is 6.08. The van der Waals surface area contributed by atoms with E-state index in [0.717, 1.165) is 37.9 Å². The van der Waals surface area contributed by atoms with E-state index in [-0.39, 0.29) is 11.6 Å². The van der Waals surface area contributed by atoms with E-state index in [1.165, 1.54) is 10.9 Å². The molecular formula is C18H24N2O. The second-order valence-corrected chi connectivity index (χ2v) is 6.11. The molecule has 1 aromatic heterocycles. The molecule has 1 N–H and O–H groups in total. The first-order valence-electron chi connectivity index (χ1n) is 7.95. The summed E-state index contributed by atoms with van der Waals surface area (Å²) in [7, 11) is 0. The molecule has 2 aromatic rings. The number of nitrogens with one attached hydrogen (secondary N) is 1. The number of ether oxygens (including phenoxy) is 1. The van der Waals surface area contributed by atoms with Gasteiger partial charge in [0.2, 0.25) is 0 Å². The van der Waals surface area contributed by atoms with E-state index in [1.54, 1.807) is 0 Å². The van der Waals surface area contributed by atoms with Crippen LogP contribution in [0.5, 0.6) is 0 Å². The average molecular weight is 284 g/mol. The maximum Gasteiger partial charge on any atom is 0.0849 e. The Hall–Kier alpha value is -1.45. The molecule has 2 unspecified atom stereocenters. The van der Waals surface area contributed by atoms with Crippen LogP contribution >= 0.6 is 0 Å². The Morgan fingerprint density at radius 3 is 3.00 bits per heavy atom. The third kappa shape index (κ3) is 2.94. The minimum absolute atomic E-state index is 0.126. The van der Waals surface area contributed by atoms with Crippen molar-refractivity contribution >= 4 is 10.9 Å². The number of para-hydroxylation sites is 1. The van der Waals surface area contributed by atoms with Gasteiger partial charge in [-0.2, -0.15) is 0 Å². The summed E-state index contributed by atoms with van der Waals surface area (Å²) in [6.45, 7) is 6.28. The zero-order valence-corrected chi connectivity index (χ0v) is 12.9. The van der Waals surface area contributed by atoms with Crippen LogP contribution in [-0.4, -0.2) is 23.7 Å². The molecule has 2 heterocycles. The first-order chi connectivity index (χ1) is 10.2. The number of fused-ring (bicyclic) bond motifs is 1. The van der Waals surface area contributed by atoms with Crippen molar-refractivity contribution in [3.63, 3.8) is 0 Å². The van der Waals surface area contributed by atoms with Crippen molar-refractivity contribution < 1.29 is 4.74 Å². The molecule has 0 radical (unpaired) electrons. The Balaban J connectivity index is 1.96. The Kier molecular flexibility index (Phi) is 4.22. The number of rotatable bonds is 5. The van der Waals surface area contributed by atoms with Crippen molar-refractivity contribution in [3.05, 3.63) is 42.1 Å². The molecule has 21 heavy (non-hydrogen) atoms. The zero-order valence-electron chi connectivity index (χ0n) is 12.9. The number of hydrogen-bond donors (Lipinski definition) is 1. The summed E-state index contributed by atoms with van der Waals surface area (Å²) < 4.78 is 6.08. The molecule has 1 aliphatic heterocycles. The van der Waals surface area contributed by atoms with Crippen LogP contribution in [0, 0.1) is 0 Å². The highest BCUT2D eigenvalue weighted by Crippen LogP contribution is 2.37. The van der Waals surface area contributed by atoms with Gasteiger partial charge in [-0.05, 0) is 50.4 Å². The van der Waals surface area contributed by atoms with E-state index in [1.807, 2.05) is 12.3 Å². The Labute approximate surface area is 126 Å². The van der Waals surface area contributed by atoms with Gasteiger partial charge in [0.1, 0.15) is 0 Å². The highest BCUT2D eigenvalue weighted by Gasteiger charge is 2.39. The fourth-order valence-electron chi connectivity index (χ4n) is 3.25. The molecule has 3 rings (SSSR count). The maximum atomic E-state index is 6.08. The van der Waals surface area contributed by atoms with Crippen LogP contribution in [0.3, 0.4) is 0 Å². The van der Waals surface area contributed by atoms with Crippen LogP contribution in [0.1, 0.15) is 44.7 Å². The van der Waals surface area contributed by atoms with Gasteiger partial charge in [-0.25, -0.2) is 0 Å². The van der Waals surface area contributed by atoms with E-state index in [9.17, 15) is 0 Å². The third-order valence-corrected chi connectivity index (χ3v) is 4.40. The van der Waals surface area contributed by atoms with Gasteiger partial charge < -0.3 is 10.1 Å². The summed E-state index contributed by atoms with van der Waals surface area (Å²) in [5.74, 6) is 0. The standard InChI is InChI=1S/C18H24N2O/c1-3-10-19-17(18(2)9-6-11-21-18)15-12-14-7-4-5-8-16(14)20-13-15/h4-5,7-8,12-13,17,19H,3,6,9-11H2,1-2H3. The van der Waals surface area contributed by atoms with Gasteiger partial charge in [-0.15, -0.1) is 0 Å². The Morgan fingerprint density at radius 2 is 2.24 bits per heavy atom. The summed E-state index contributed by atoms with van der Waals surface area (Å²) >= 11 is 0. The number of nitrogens with zero attached hydrogens (tertiary/aromatic N) is 1. The lowest BCUT2D eigenvalue weighted by Gasteiger charge is -2.34. The van der Waals surface area contributed by atoms with Crippen LogP contribution in [-0.2, 0) is 4.74 Å². The van der Waals surface area contributed by atoms with Gasteiger partial charge in [0.25, 0.3) is 0 Å². The third-order valence-electron chi connectivity index (χ3n) is 4.40. The highest BCUT2D eigenvalue weighted by atomic mass is 16.5. The fraction of sp³-hybridized carbons (Fsp3) is 0.500. The monoisotopic (exact) mass is 284 g/mol. The predicted molar refractivity (Wildman–Crippen MR) is 86.4 cm³/mol. The molecule has 0 aliphatic carbocycles. The van der Waals surface area contributed by atoms with Crippen LogP contribution in [0.15, 0.2) is 36.5 Å². The highest BCUT2D eigenvalue weighted by molar-refractivity contribution is 5.78. The van der Waals surface area contributed by atoms with Crippen molar-refractivity contribution in [2.24, 2.45) is 0 Å². The molecule has 112 valence electrons. The molecular weight excluding hydrogens is 260 g/mol. The van der Waals surface area contributed by atoms with Gasteiger partial charge in [-0.1, -0.05) is 25.1 Å². The summed E-state index contributed by atoms with van der Waals surface area (Å²) in [5.41, 5.74) is 2.15. The molecule has 3 nitrogen and oxygen atoms in total. The number of pyridine rings is 1. The number of benzene rings is 1. The molecule has 1 fully saturated rings. The van der Waals surface area contributed by atoms with E-state index in [4.69, 9.17) is 4.74 Å². The zero-order chi connectivity index (χ0) is 14.7. The molecule has 1 saturated heterocycles. The molecule has 1 aromatic carbocycles. The van der Waals surface area contributed by atoms with E-state index in [2.05, 4.69) is 48.4 Å². The SMILES string of the molecule is CCCNC(c1cnc2ccccc2c1)C1(C)CCCO1. The lowest BCUT2D eigenvalue weighted by molar-refractivity contribution is -0.0125. The quantitative estimate of drug-likeness (QED) is 0.905. The number of aromatic nitrogens is 1. The topological polar surface area (TPSA) is 34.2 Å². The summed E-state index contributed by atoms with van der Waals surface area (Å²) in [5, 5.41) is 4.86. The molecule has 0 spiro atoms. The largest absolute Gasteiger partial charge is 0.373 e. The van der Waals surface area contributed by atoms with E-state index >= 15 is 0 Å². The molecule has 2 atom stereocenters. The predicted octanol–water partition coefficient (Wildman–Crippen LogP) is 3.84. The van der Waals surface area contributed by atoms with Gasteiger partial charge >= 0.3 is 0 Å². The van der Waals surface area contributed by atoms with Crippen molar-refractivity contribution in [1.82, 2.24) is 10.3 Å². The minimum atomic E-state index is -0.126. The second-order valence-electron chi connectivity index (χ2n) is 6.11. The van der Waals surface area contributed by atoms with E-state index < -0.39 is 0 Å². The molecule has 1 aliphatic rings. The van der Waals surface area contributed by atoms with Crippen LogP contribution in [0.4, 0.5) is 0 Å². The molecule has 3 heteroatoms. The fourth-order valence-corrected chi connectivity index (χ4v) is 3.25. The lowest BCUT2D eigenvalue weighted by atomic mass is 9.88. The summed E-state index contributed by atoms with van der Waals surface area (Å²) in [6, 6.07) is 10.7. The first-order valence-corrected chi connectivity index (χ1v) is 7.95. The molecule has 0 bridgehead atoms. The van der Waals surface area contributed by atoms with Crippen LogP contribution in [0.2, 0.25) is 0 Å². The molecule has 0 amide bonds. The summed E-state index contributed by atoms with van der Waals surface area (Å²) in [6.07, 6.45) is 5.36. The Bertz CT molecular complexity index is 605.